The summed E-state index contributed by atoms with van der Waals surface area (Å²) in [4.78, 5) is 12.0. The first-order valence-corrected chi connectivity index (χ1v) is 4.97. The van der Waals surface area contributed by atoms with Crippen LogP contribution in [0.2, 0.25) is 0 Å². The van der Waals surface area contributed by atoms with Gasteiger partial charge in [-0.05, 0) is 18.5 Å². The van der Waals surface area contributed by atoms with Crippen LogP contribution in [0.4, 0.5) is 0 Å². The maximum atomic E-state index is 10.9. The lowest BCUT2D eigenvalue weighted by molar-refractivity contribution is 0.792. The Balaban J connectivity index is 2.23. The largest absolute Gasteiger partial charge is 0.349 e. The molecule has 0 saturated heterocycles. The Hall–Kier alpha value is -1.49. The highest BCUT2D eigenvalue weighted by Crippen LogP contribution is 2.10. The Labute approximate surface area is 85.0 Å². The van der Waals surface area contributed by atoms with E-state index in [0.717, 1.165) is 17.1 Å². The molecule has 4 nitrogen and oxygen atoms in total. The van der Waals surface area contributed by atoms with Gasteiger partial charge < -0.3 is 4.57 Å². The van der Waals surface area contributed by atoms with Gasteiger partial charge in [-0.25, -0.2) is 0 Å². The maximum absolute atomic E-state index is 10.9. The first-order chi connectivity index (χ1) is 6.75. The van der Waals surface area contributed by atoms with Gasteiger partial charge in [-0.3, -0.25) is 4.79 Å². The molecule has 0 bridgehead atoms. The van der Waals surface area contributed by atoms with Gasteiger partial charge in [0.1, 0.15) is 0 Å². The molecule has 2 heterocycles. The summed E-state index contributed by atoms with van der Waals surface area (Å²) in [5.41, 5.74) is 0.981. The van der Waals surface area contributed by atoms with Gasteiger partial charge in [0.05, 0.1) is 17.1 Å². The smallest absolute Gasteiger partial charge is 0.181 e. The van der Waals surface area contributed by atoms with Crippen molar-refractivity contribution < 1.29 is 0 Å². The SMILES string of the molecule is Cc1nnsc1Cn1ccc(=O)cc1. The summed E-state index contributed by atoms with van der Waals surface area (Å²) >= 11 is 1.39. The van der Waals surface area contributed by atoms with Crippen molar-refractivity contribution in [1.82, 2.24) is 14.2 Å². The second kappa shape index (κ2) is 3.71. The van der Waals surface area contributed by atoms with E-state index in [1.807, 2.05) is 11.5 Å². The average Bonchev–Trinajstić information content (AvgIpc) is 2.56. The van der Waals surface area contributed by atoms with E-state index in [0.29, 0.717) is 0 Å². The second-order valence-corrected chi connectivity index (χ2v) is 3.83. The zero-order valence-electron chi connectivity index (χ0n) is 7.67. The minimum atomic E-state index is 0.0281. The molecule has 0 aliphatic rings. The average molecular weight is 207 g/mol. The summed E-state index contributed by atoms with van der Waals surface area (Å²) in [6.45, 7) is 2.66. The van der Waals surface area contributed by atoms with Crippen molar-refractivity contribution in [2.75, 3.05) is 0 Å². The molecule has 5 heteroatoms. The molecule has 0 radical (unpaired) electrons. The van der Waals surface area contributed by atoms with Crippen molar-refractivity contribution in [3.05, 3.63) is 45.3 Å². The summed E-state index contributed by atoms with van der Waals surface area (Å²) < 4.78 is 5.79. The van der Waals surface area contributed by atoms with Crippen LogP contribution >= 0.6 is 11.5 Å². The van der Waals surface area contributed by atoms with Crippen molar-refractivity contribution in [2.24, 2.45) is 0 Å². The summed E-state index contributed by atoms with van der Waals surface area (Å²) in [7, 11) is 0. The van der Waals surface area contributed by atoms with Crippen LogP contribution in [0.5, 0.6) is 0 Å². The lowest BCUT2D eigenvalue weighted by Crippen LogP contribution is -2.04. The number of nitrogens with zero attached hydrogens (tertiary/aromatic N) is 3. The van der Waals surface area contributed by atoms with Crippen molar-refractivity contribution in [1.29, 1.82) is 0 Å². The van der Waals surface area contributed by atoms with E-state index in [2.05, 4.69) is 9.59 Å². The second-order valence-electron chi connectivity index (χ2n) is 2.99. The Bertz CT molecular complexity index is 468. The first-order valence-electron chi connectivity index (χ1n) is 4.19. The molecular formula is C9H9N3OS. The maximum Gasteiger partial charge on any atom is 0.181 e. The number of pyridine rings is 1. The van der Waals surface area contributed by atoms with E-state index in [1.54, 1.807) is 24.5 Å². The highest BCUT2D eigenvalue weighted by Gasteiger charge is 2.02. The number of aromatic nitrogens is 3. The Kier molecular flexibility index (Phi) is 2.41. The predicted octanol–water partition coefficient (Wildman–Crippen LogP) is 1.06. The third-order valence-electron chi connectivity index (χ3n) is 1.93. The van der Waals surface area contributed by atoms with Gasteiger partial charge in [-0.2, -0.15) is 0 Å². The van der Waals surface area contributed by atoms with E-state index in [9.17, 15) is 4.79 Å². The Morgan fingerprint density at radius 2 is 2.14 bits per heavy atom. The quantitative estimate of drug-likeness (QED) is 0.739. The standard InChI is InChI=1S/C9H9N3OS/c1-7-9(14-11-10-7)6-12-4-2-8(13)3-5-12/h2-5H,6H2,1H3. The van der Waals surface area contributed by atoms with Crippen LogP contribution in [0.25, 0.3) is 0 Å². The molecule has 0 saturated carbocycles. The lowest BCUT2D eigenvalue weighted by Gasteiger charge is -2.02. The molecule has 0 aromatic carbocycles. The molecule has 0 spiro atoms. The molecule has 2 aromatic rings. The van der Waals surface area contributed by atoms with Crippen LogP contribution in [-0.2, 0) is 6.54 Å². The predicted molar refractivity (Wildman–Crippen MR) is 54.5 cm³/mol. The molecular weight excluding hydrogens is 198 g/mol. The van der Waals surface area contributed by atoms with Crippen molar-refractivity contribution in [3.8, 4) is 0 Å². The molecule has 0 N–H and O–H groups in total. The lowest BCUT2D eigenvalue weighted by atomic mass is 10.4. The molecule has 2 aromatic heterocycles. The third-order valence-corrected chi connectivity index (χ3v) is 2.74. The number of hydrogen-bond donors (Lipinski definition) is 0. The van der Waals surface area contributed by atoms with E-state index in [1.165, 1.54) is 11.5 Å². The highest BCUT2D eigenvalue weighted by molar-refractivity contribution is 7.05. The fraction of sp³-hybridized carbons (Fsp3) is 0.222. The normalized spacial score (nSPS) is 10.4. The van der Waals surface area contributed by atoms with Crippen molar-refractivity contribution >= 4 is 11.5 Å². The van der Waals surface area contributed by atoms with Crippen LogP contribution in [-0.4, -0.2) is 14.2 Å². The van der Waals surface area contributed by atoms with Gasteiger partial charge in [-0.1, -0.05) is 4.49 Å². The summed E-state index contributed by atoms with van der Waals surface area (Å²) in [5, 5.41) is 3.92. The first kappa shape index (κ1) is 9.08. The van der Waals surface area contributed by atoms with E-state index >= 15 is 0 Å². The summed E-state index contributed by atoms with van der Waals surface area (Å²) in [6, 6.07) is 3.09. The van der Waals surface area contributed by atoms with Gasteiger partial charge in [-0.15, -0.1) is 5.10 Å². The van der Waals surface area contributed by atoms with Crippen LogP contribution in [0.3, 0.4) is 0 Å². The van der Waals surface area contributed by atoms with Crippen LogP contribution in [0.15, 0.2) is 29.3 Å². The minimum Gasteiger partial charge on any atom is -0.349 e. The van der Waals surface area contributed by atoms with Crippen LogP contribution < -0.4 is 5.43 Å². The molecule has 0 unspecified atom stereocenters. The molecule has 2 rings (SSSR count). The Morgan fingerprint density at radius 3 is 2.71 bits per heavy atom. The van der Waals surface area contributed by atoms with Gasteiger partial charge in [0.2, 0.25) is 0 Å². The van der Waals surface area contributed by atoms with Crippen molar-refractivity contribution in [3.63, 3.8) is 0 Å². The highest BCUT2D eigenvalue weighted by atomic mass is 32.1. The van der Waals surface area contributed by atoms with E-state index < -0.39 is 0 Å². The molecule has 0 aliphatic carbocycles. The molecule has 0 amide bonds. The monoisotopic (exact) mass is 207 g/mol. The Morgan fingerprint density at radius 1 is 1.43 bits per heavy atom. The van der Waals surface area contributed by atoms with Crippen LogP contribution in [0, 0.1) is 6.92 Å². The van der Waals surface area contributed by atoms with Crippen LogP contribution in [0.1, 0.15) is 10.6 Å². The van der Waals surface area contributed by atoms with Gasteiger partial charge >= 0.3 is 0 Å². The topological polar surface area (TPSA) is 47.8 Å². The number of aryl methyl sites for hydroxylation is 1. The fourth-order valence-corrected chi connectivity index (χ4v) is 1.75. The summed E-state index contributed by atoms with van der Waals surface area (Å²) in [5.74, 6) is 0. The summed E-state index contributed by atoms with van der Waals surface area (Å²) in [6.07, 6.45) is 3.53. The van der Waals surface area contributed by atoms with E-state index in [-0.39, 0.29) is 5.43 Å². The molecule has 72 valence electrons. The number of hydrogen-bond acceptors (Lipinski definition) is 4. The fourth-order valence-electron chi connectivity index (χ4n) is 1.11. The van der Waals surface area contributed by atoms with E-state index in [4.69, 9.17) is 0 Å². The minimum absolute atomic E-state index is 0.0281. The van der Waals surface area contributed by atoms with Gasteiger partial charge in [0.15, 0.2) is 5.43 Å². The van der Waals surface area contributed by atoms with Gasteiger partial charge in [0, 0.05) is 24.5 Å². The van der Waals surface area contributed by atoms with Crippen molar-refractivity contribution in [2.45, 2.75) is 13.5 Å². The number of rotatable bonds is 2. The molecule has 0 atom stereocenters. The molecule has 14 heavy (non-hydrogen) atoms. The zero-order valence-corrected chi connectivity index (χ0v) is 8.49. The molecule has 0 aliphatic heterocycles. The zero-order chi connectivity index (χ0) is 9.97. The third kappa shape index (κ3) is 1.88. The molecule has 0 fully saturated rings. The van der Waals surface area contributed by atoms with Gasteiger partial charge in [0.25, 0.3) is 0 Å².